The zero-order chi connectivity index (χ0) is 11.8. The van der Waals surface area contributed by atoms with Gasteiger partial charge in [-0.2, -0.15) is 4.99 Å². The minimum absolute atomic E-state index is 0.565. The van der Waals surface area contributed by atoms with Gasteiger partial charge in [0.25, 0.3) is 0 Å². The first-order chi connectivity index (χ1) is 7.56. The summed E-state index contributed by atoms with van der Waals surface area (Å²) in [5.41, 5.74) is 1.32. The van der Waals surface area contributed by atoms with Crippen LogP contribution in [-0.4, -0.2) is 15.6 Å². The molecule has 0 aromatic carbocycles. The van der Waals surface area contributed by atoms with Gasteiger partial charge >= 0.3 is 0 Å². The van der Waals surface area contributed by atoms with Crippen LogP contribution in [0.4, 0.5) is 0 Å². The van der Waals surface area contributed by atoms with E-state index in [-0.39, 0.29) is 0 Å². The quantitative estimate of drug-likeness (QED) is 0.569. The fourth-order valence-electron chi connectivity index (χ4n) is 1.87. The second kappa shape index (κ2) is 3.58. The molecule has 82 valence electrons. The van der Waals surface area contributed by atoms with Crippen molar-refractivity contribution in [2.75, 3.05) is 0 Å². The summed E-state index contributed by atoms with van der Waals surface area (Å²) in [6.07, 6.45) is 5.33. The van der Waals surface area contributed by atoms with Gasteiger partial charge in [0, 0.05) is 30.4 Å². The highest BCUT2D eigenvalue weighted by Gasteiger charge is 2.24. The summed E-state index contributed by atoms with van der Waals surface area (Å²) in [4.78, 5) is 18.6. The van der Waals surface area contributed by atoms with Crippen LogP contribution in [0.1, 0.15) is 19.4 Å². The van der Waals surface area contributed by atoms with Gasteiger partial charge in [-0.3, -0.25) is 0 Å². The molecule has 0 radical (unpaired) electrons. The van der Waals surface area contributed by atoms with E-state index in [9.17, 15) is 4.79 Å². The van der Waals surface area contributed by atoms with Crippen molar-refractivity contribution in [1.82, 2.24) is 9.55 Å². The van der Waals surface area contributed by atoms with Crippen LogP contribution in [0.5, 0.6) is 0 Å². The maximum Gasteiger partial charge on any atom is 0.235 e. The van der Waals surface area contributed by atoms with Crippen molar-refractivity contribution in [2.24, 2.45) is 12.0 Å². The van der Waals surface area contributed by atoms with Gasteiger partial charge in [0.05, 0.1) is 5.54 Å². The van der Waals surface area contributed by atoms with E-state index >= 15 is 0 Å². The first kappa shape index (κ1) is 10.6. The lowest BCUT2D eigenvalue weighted by atomic mass is 9.95. The standard InChI is InChI=1S/C12H13N3O/c1-12(2,14-8-16)10-7-15(3)11-9(10)5-4-6-13-11/h4-7H,1-3H3. The number of hydrogen-bond donors (Lipinski definition) is 0. The highest BCUT2D eigenvalue weighted by molar-refractivity contribution is 5.81. The molecule has 0 unspecified atom stereocenters. The van der Waals surface area contributed by atoms with Crippen LogP contribution in [0.25, 0.3) is 11.0 Å². The second-order valence-electron chi connectivity index (χ2n) is 4.29. The van der Waals surface area contributed by atoms with E-state index in [0.717, 1.165) is 16.6 Å². The van der Waals surface area contributed by atoms with E-state index in [1.807, 2.05) is 43.8 Å². The normalized spacial score (nSPS) is 11.4. The Hall–Kier alpha value is -1.93. The Labute approximate surface area is 93.6 Å². The number of aromatic nitrogens is 2. The zero-order valence-corrected chi connectivity index (χ0v) is 9.56. The average molecular weight is 215 g/mol. The predicted octanol–water partition coefficient (Wildman–Crippen LogP) is 2.14. The molecule has 0 fully saturated rings. The van der Waals surface area contributed by atoms with Gasteiger partial charge in [0.1, 0.15) is 5.65 Å². The minimum Gasteiger partial charge on any atom is -0.335 e. The lowest BCUT2D eigenvalue weighted by Crippen LogP contribution is -2.12. The van der Waals surface area contributed by atoms with Gasteiger partial charge in [0.15, 0.2) is 0 Å². The molecule has 0 bridgehead atoms. The molecule has 0 aliphatic rings. The van der Waals surface area contributed by atoms with Crippen LogP contribution >= 0.6 is 0 Å². The number of isocyanates is 1. The van der Waals surface area contributed by atoms with Crippen LogP contribution in [-0.2, 0) is 17.4 Å². The Bertz CT molecular complexity index is 577. The molecule has 4 nitrogen and oxygen atoms in total. The Morgan fingerprint density at radius 1 is 1.50 bits per heavy atom. The lowest BCUT2D eigenvalue weighted by Gasteiger charge is -2.16. The molecular formula is C12H13N3O. The monoisotopic (exact) mass is 215 g/mol. The number of hydrogen-bond acceptors (Lipinski definition) is 3. The summed E-state index contributed by atoms with van der Waals surface area (Å²) in [6.45, 7) is 3.78. The zero-order valence-electron chi connectivity index (χ0n) is 9.56. The van der Waals surface area contributed by atoms with Crippen LogP contribution in [0.2, 0.25) is 0 Å². The number of fused-ring (bicyclic) bond motifs is 1. The number of nitrogens with zero attached hydrogens (tertiary/aromatic N) is 3. The van der Waals surface area contributed by atoms with E-state index in [1.165, 1.54) is 0 Å². The Morgan fingerprint density at radius 3 is 2.94 bits per heavy atom. The molecule has 0 saturated heterocycles. The van der Waals surface area contributed by atoms with Crippen molar-refractivity contribution in [3.63, 3.8) is 0 Å². The van der Waals surface area contributed by atoms with Crippen molar-refractivity contribution in [3.05, 3.63) is 30.1 Å². The Morgan fingerprint density at radius 2 is 2.25 bits per heavy atom. The summed E-state index contributed by atoms with van der Waals surface area (Å²) in [5.74, 6) is 0. The molecule has 0 spiro atoms. The SMILES string of the molecule is Cn1cc(C(C)(C)N=C=O)c2cccnc21. The van der Waals surface area contributed by atoms with Crippen molar-refractivity contribution < 1.29 is 4.79 Å². The van der Waals surface area contributed by atoms with Crippen LogP contribution in [0, 0.1) is 0 Å². The van der Waals surface area contributed by atoms with E-state index in [2.05, 4.69) is 9.98 Å². The van der Waals surface area contributed by atoms with E-state index in [1.54, 1.807) is 12.3 Å². The smallest absolute Gasteiger partial charge is 0.235 e. The topological polar surface area (TPSA) is 47.2 Å². The lowest BCUT2D eigenvalue weighted by molar-refractivity contribution is 0.524. The van der Waals surface area contributed by atoms with E-state index < -0.39 is 5.54 Å². The summed E-state index contributed by atoms with van der Waals surface area (Å²) < 4.78 is 1.94. The largest absolute Gasteiger partial charge is 0.335 e. The third-order valence-electron chi connectivity index (χ3n) is 2.72. The number of rotatable bonds is 2. The van der Waals surface area contributed by atoms with Gasteiger partial charge in [-0.25, -0.2) is 9.78 Å². The molecule has 2 aromatic heterocycles. The fourth-order valence-corrected chi connectivity index (χ4v) is 1.87. The third kappa shape index (κ3) is 1.53. The molecule has 4 heteroatoms. The van der Waals surface area contributed by atoms with Crippen LogP contribution < -0.4 is 0 Å². The number of aliphatic imine (C=N–C) groups is 1. The molecule has 16 heavy (non-hydrogen) atoms. The minimum atomic E-state index is -0.565. The fraction of sp³-hybridized carbons (Fsp3) is 0.333. The molecule has 0 amide bonds. The maximum atomic E-state index is 10.4. The Balaban J connectivity index is 2.75. The number of carbonyl (C=O) groups excluding carboxylic acids is 1. The van der Waals surface area contributed by atoms with E-state index in [0.29, 0.717) is 0 Å². The van der Waals surface area contributed by atoms with Crippen molar-refractivity contribution in [3.8, 4) is 0 Å². The summed E-state index contributed by atoms with van der Waals surface area (Å²) >= 11 is 0. The van der Waals surface area contributed by atoms with Crippen molar-refractivity contribution in [2.45, 2.75) is 19.4 Å². The molecule has 0 N–H and O–H groups in total. The molecule has 0 aliphatic carbocycles. The van der Waals surface area contributed by atoms with Gasteiger partial charge in [-0.05, 0) is 26.0 Å². The van der Waals surface area contributed by atoms with Gasteiger partial charge < -0.3 is 4.57 Å². The molecule has 2 heterocycles. The summed E-state index contributed by atoms with van der Waals surface area (Å²) in [5, 5.41) is 1.02. The third-order valence-corrected chi connectivity index (χ3v) is 2.72. The number of pyridine rings is 1. The Kier molecular flexibility index (Phi) is 2.37. The predicted molar refractivity (Wildman–Crippen MR) is 61.9 cm³/mol. The molecule has 0 saturated carbocycles. The van der Waals surface area contributed by atoms with Crippen molar-refractivity contribution in [1.29, 1.82) is 0 Å². The number of aryl methyl sites for hydroxylation is 1. The highest BCUT2D eigenvalue weighted by atomic mass is 16.1. The average Bonchev–Trinajstić information content (AvgIpc) is 2.58. The molecule has 0 atom stereocenters. The van der Waals surface area contributed by atoms with E-state index in [4.69, 9.17) is 0 Å². The van der Waals surface area contributed by atoms with Gasteiger partial charge in [-0.1, -0.05) is 0 Å². The molecule has 2 rings (SSSR count). The first-order valence-corrected chi connectivity index (χ1v) is 5.06. The summed E-state index contributed by atoms with van der Waals surface area (Å²) in [7, 11) is 1.93. The highest BCUT2D eigenvalue weighted by Crippen LogP contribution is 2.31. The van der Waals surface area contributed by atoms with Gasteiger partial charge in [-0.15, -0.1) is 0 Å². The molecule has 0 aliphatic heterocycles. The summed E-state index contributed by atoms with van der Waals surface area (Å²) in [6, 6.07) is 3.87. The maximum absolute atomic E-state index is 10.4. The van der Waals surface area contributed by atoms with Crippen LogP contribution in [0.3, 0.4) is 0 Å². The molecule has 2 aromatic rings. The van der Waals surface area contributed by atoms with Gasteiger partial charge in [0.2, 0.25) is 6.08 Å². The first-order valence-electron chi connectivity index (χ1n) is 5.06. The molecular weight excluding hydrogens is 202 g/mol. The van der Waals surface area contributed by atoms with Crippen molar-refractivity contribution >= 4 is 17.1 Å². The van der Waals surface area contributed by atoms with Crippen LogP contribution in [0.15, 0.2) is 29.5 Å². The second-order valence-corrected chi connectivity index (χ2v) is 4.29.